The number of nitrogens with zero attached hydrogens (tertiary/aromatic N) is 1. The smallest absolute Gasteiger partial charge is 0.336 e. The van der Waals surface area contributed by atoms with E-state index in [0.29, 0.717) is 25.3 Å². The molecule has 1 N–H and O–H groups in total. The van der Waals surface area contributed by atoms with Gasteiger partial charge in [0, 0.05) is 18.6 Å². The Labute approximate surface area is 123 Å². The zero-order chi connectivity index (χ0) is 14.6. The first-order valence-corrected chi connectivity index (χ1v) is 7.62. The molecule has 0 aromatic carbocycles. The van der Waals surface area contributed by atoms with Crippen molar-refractivity contribution >= 4 is 11.9 Å². The Hall–Kier alpha value is -1.40. The van der Waals surface area contributed by atoms with Gasteiger partial charge in [-0.2, -0.15) is 0 Å². The number of rotatable bonds is 1. The molecule has 3 fully saturated rings. The molecule has 0 aromatic heterocycles. The summed E-state index contributed by atoms with van der Waals surface area (Å²) in [5, 5.41) is 3.54. The van der Waals surface area contributed by atoms with E-state index >= 15 is 0 Å². The third-order valence-electron chi connectivity index (χ3n) is 5.30. The highest BCUT2D eigenvalue weighted by Crippen LogP contribution is 2.46. The normalized spacial score (nSPS) is 39.4. The fourth-order valence-corrected chi connectivity index (χ4v) is 4.25. The van der Waals surface area contributed by atoms with Gasteiger partial charge in [0.2, 0.25) is 5.91 Å². The molecule has 114 valence electrons. The number of piperidine rings is 1. The maximum atomic E-state index is 13.0. The van der Waals surface area contributed by atoms with Crippen LogP contribution in [0, 0.1) is 5.41 Å². The van der Waals surface area contributed by atoms with Gasteiger partial charge in [0.25, 0.3) is 0 Å². The molecule has 0 aliphatic carbocycles. The second-order valence-corrected chi connectivity index (χ2v) is 6.64. The number of nitrogens with one attached hydrogen (secondary N) is 1. The van der Waals surface area contributed by atoms with E-state index in [1.165, 1.54) is 0 Å². The third kappa shape index (κ3) is 1.92. The molecular formula is C15H20N2O4. The Kier molecular flexibility index (Phi) is 2.87. The zero-order valence-electron chi connectivity index (χ0n) is 12.2. The van der Waals surface area contributed by atoms with Crippen molar-refractivity contribution in [1.29, 1.82) is 0 Å². The lowest BCUT2D eigenvalue weighted by molar-refractivity contribution is -0.140. The minimum Gasteiger partial charge on any atom is -0.456 e. The third-order valence-corrected chi connectivity index (χ3v) is 5.30. The van der Waals surface area contributed by atoms with E-state index in [0.717, 1.165) is 25.0 Å². The van der Waals surface area contributed by atoms with Crippen LogP contribution >= 0.6 is 0 Å². The van der Waals surface area contributed by atoms with Crippen LogP contribution in [0.1, 0.15) is 26.2 Å². The van der Waals surface area contributed by atoms with Crippen LogP contribution in [0.25, 0.3) is 0 Å². The second-order valence-electron chi connectivity index (χ2n) is 6.64. The molecule has 2 bridgehead atoms. The number of carbonyl (C=O) groups is 2. The predicted molar refractivity (Wildman–Crippen MR) is 73.2 cm³/mol. The minimum absolute atomic E-state index is 0.175. The molecule has 4 aliphatic rings. The number of likely N-dealkylation sites (tertiary alicyclic amines) is 1. The van der Waals surface area contributed by atoms with Crippen molar-refractivity contribution < 1.29 is 19.1 Å². The Morgan fingerprint density at radius 3 is 2.57 bits per heavy atom. The van der Waals surface area contributed by atoms with Crippen LogP contribution in [0.2, 0.25) is 0 Å². The summed E-state index contributed by atoms with van der Waals surface area (Å²) in [6.07, 6.45) is 2.53. The molecule has 1 spiro atoms. The van der Waals surface area contributed by atoms with Crippen LogP contribution in [-0.2, 0) is 19.1 Å². The van der Waals surface area contributed by atoms with Crippen LogP contribution in [0.5, 0.6) is 0 Å². The summed E-state index contributed by atoms with van der Waals surface area (Å²) in [4.78, 5) is 26.3. The number of hydrogen-bond acceptors (Lipinski definition) is 5. The average molecular weight is 292 g/mol. The standard InChI is InChI=1S/C15H20N2O4/c1-9-12(8-21-13(9)18)17-3-2-15(14(17)19)4-10-6-20-7-11(5-15)16-10/h10-11,16H,2-8H2,1H3. The van der Waals surface area contributed by atoms with Crippen LogP contribution in [0.3, 0.4) is 0 Å². The fraction of sp³-hybridized carbons (Fsp3) is 0.733. The molecule has 6 nitrogen and oxygen atoms in total. The summed E-state index contributed by atoms with van der Waals surface area (Å²) in [7, 11) is 0. The quantitative estimate of drug-likeness (QED) is 0.699. The van der Waals surface area contributed by atoms with E-state index < -0.39 is 0 Å². The number of cyclic esters (lactones) is 1. The topological polar surface area (TPSA) is 67.9 Å². The van der Waals surface area contributed by atoms with Gasteiger partial charge in [-0.15, -0.1) is 0 Å². The summed E-state index contributed by atoms with van der Waals surface area (Å²) >= 11 is 0. The van der Waals surface area contributed by atoms with Gasteiger partial charge in [-0.05, 0) is 26.2 Å². The molecule has 4 rings (SSSR count). The van der Waals surface area contributed by atoms with Gasteiger partial charge in [0.1, 0.15) is 6.61 Å². The highest BCUT2D eigenvalue weighted by molar-refractivity contribution is 5.94. The van der Waals surface area contributed by atoms with Crippen LogP contribution in [0.4, 0.5) is 0 Å². The van der Waals surface area contributed by atoms with Gasteiger partial charge in [-0.3, -0.25) is 4.79 Å². The SMILES string of the molecule is CC1=C(N2CCC3(CC4COCC(C3)N4)C2=O)COC1=O. The molecule has 0 radical (unpaired) electrons. The Morgan fingerprint density at radius 2 is 1.95 bits per heavy atom. The van der Waals surface area contributed by atoms with Crippen molar-refractivity contribution in [2.45, 2.75) is 38.3 Å². The lowest BCUT2D eigenvalue weighted by atomic mass is 9.71. The van der Waals surface area contributed by atoms with E-state index in [1.807, 2.05) is 0 Å². The van der Waals surface area contributed by atoms with Gasteiger partial charge in [0.05, 0.1) is 29.9 Å². The van der Waals surface area contributed by atoms with Crippen LogP contribution in [-0.4, -0.2) is 55.2 Å². The molecule has 0 saturated carbocycles. The summed E-state index contributed by atoms with van der Waals surface area (Å²) in [5.41, 5.74) is 1.07. The number of esters is 1. The predicted octanol–water partition coefficient (Wildman–Crippen LogP) is 0.187. The lowest BCUT2D eigenvalue weighted by Crippen LogP contribution is -2.59. The molecule has 4 heterocycles. The number of hydrogen-bond donors (Lipinski definition) is 1. The Bertz CT molecular complexity index is 530. The number of carbonyl (C=O) groups excluding carboxylic acids is 2. The van der Waals surface area contributed by atoms with Crippen molar-refractivity contribution in [3.05, 3.63) is 11.3 Å². The summed E-state index contributed by atoms with van der Waals surface area (Å²) in [6.45, 7) is 4.06. The molecule has 3 saturated heterocycles. The second kappa shape index (κ2) is 4.55. The molecule has 6 heteroatoms. The molecule has 0 aromatic rings. The first-order valence-electron chi connectivity index (χ1n) is 7.62. The maximum Gasteiger partial charge on any atom is 0.336 e. The van der Waals surface area contributed by atoms with Crippen molar-refractivity contribution in [3.63, 3.8) is 0 Å². The van der Waals surface area contributed by atoms with Crippen molar-refractivity contribution in [2.24, 2.45) is 5.41 Å². The van der Waals surface area contributed by atoms with Gasteiger partial charge in [-0.1, -0.05) is 0 Å². The Morgan fingerprint density at radius 1 is 1.24 bits per heavy atom. The largest absolute Gasteiger partial charge is 0.456 e. The molecule has 2 atom stereocenters. The zero-order valence-corrected chi connectivity index (χ0v) is 12.2. The first-order chi connectivity index (χ1) is 10.1. The molecule has 1 amide bonds. The molecular weight excluding hydrogens is 272 g/mol. The summed E-state index contributed by atoms with van der Waals surface area (Å²) in [5.74, 6) is -0.122. The van der Waals surface area contributed by atoms with E-state index in [9.17, 15) is 9.59 Å². The number of fused-ring (bicyclic) bond motifs is 2. The molecule has 4 aliphatic heterocycles. The van der Waals surface area contributed by atoms with Crippen molar-refractivity contribution in [1.82, 2.24) is 10.2 Å². The van der Waals surface area contributed by atoms with Gasteiger partial charge >= 0.3 is 5.97 Å². The molecule has 21 heavy (non-hydrogen) atoms. The highest BCUT2D eigenvalue weighted by Gasteiger charge is 2.53. The van der Waals surface area contributed by atoms with E-state index in [2.05, 4.69) is 5.32 Å². The number of ether oxygens (including phenoxy) is 2. The van der Waals surface area contributed by atoms with Gasteiger partial charge in [0.15, 0.2) is 0 Å². The van der Waals surface area contributed by atoms with Gasteiger partial charge in [-0.25, -0.2) is 4.79 Å². The summed E-state index contributed by atoms with van der Waals surface area (Å²) in [6, 6.07) is 0.552. The van der Waals surface area contributed by atoms with Gasteiger partial charge < -0.3 is 19.7 Å². The Balaban J connectivity index is 1.60. The lowest BCUT2D eigenvalue weighted by Gasteiger charge is -2.44. The van der Waals surface area contributed by atoms with E-state index in [-0.39, 0.29) is 36.0 Å². The van der Waals surface area contributed by atoms with Crippen LogP contribution in [0.15, 0.2) is 11.3 Å². The fourth-order valence-electron chi connectivity index (χ4n) is 4.25. The minimum atomic E-state index is -0.297. The molecule has 2 unspecified atom stereocenters. The van der Waals surface area contributed by atoms with Crippen LogP contribution < -0.4 is 5.32 Å². The monoisotopic (exact) mass is 292 g/mol. The highest BCUT2D eigenvalue weighted by atomic mass is 16.5. The number of amides is 1. The summed E-state index contributed by atoms with van der Waals surface area (Å²) < 4.78 is 10.6. The van der Waals surface area contributed by atoms with Crippen molar-refractivity contribution in [2.75, 3.05) is 26.4 Å². The van der Waals surface area contributed by atoms with E-state index in [4.69, 9.17) is 9.47 Å². The average Bonchev–Trinajstić information content (AvgIpc) is 2.93. The first kappa shape index (κ1) is 13.3. The number of morpholine rings is 1. The maximum absolute atomic E-state index is 13.0. The van der Waals surface area contributed by atoms with Crippen molar-refractivity contribution in [3.8, 4) is 0 Å². The van der Waals surface area contributed by atoms with E-state index in [1.54, 1.807) is 11.8 Å².